The largest absolute Gasteiger partial charge is 0.453 e. The Morgan fingerprint density at radius 3 is 2.95 bits per heavy atom. The van der Waals surface area contributed by atoms with E-state index in [2.05, 4.69) is 5.10 Å². The number of rotatable bonds is 4. The average Bonchev–Trinajstić information content (AvgIpc) is 3.04. The van der Waals surface area contributed by atoms with Crippen molar-refractivity contribution in [3.63, 3.8) is 0 Å². The van der Waals surface area contributed by atoms with Crippen molar-refractivity contribution in [2.45, 2.75) is 19.9 Å². The normalized spacial score (nSPS) is 11.0. The lowest BCUT2D eigenvalue weighted by atomic mass is 10.1. The molecule has 0 aliphatic rings. The molecule has 0 saturated carbocycles. The number of aromatic nitrogens is 2. The minimum Gasteiger partial charge on any atom is -0.453 e. The summed E-state index contributed by atoms with van der Waals surface area (Å²) in [4.78, 5) is 12.2. The Morgan fingerprint density at radius 1 is 1.37 bits per heavy atom. The molecule has 0 amide bonds. The van der Waals surface area contributed by atoms with E-state index in [9.17, 15) is 4.79 Å². The van der Waals surface area contributed by atoms with Crippen LogP contribution in [0.4, 0.5) is 0 Å². The van der Waals surface area contributed by atoms with E-state index in [4.69, 9.17) is 4.42 Å². The van der Waals surface area contributed by atoms with E-state index in [0.717, 1.165) is 23.1 Å². The fourth-order valence-corrected chi connectivity index (χ4v) is 2.06. The summed E-state index contributed by atoms with van der Waals surface area (Å²) in [6, 6.07) is 9.41. The van der Waals surface area contributed by atoms with Crippen molar-refractivity contribution in [1.29, 1.82) is 0 Å². The monoisotopic (exact) mass is 254 g/mol. The molecule has 4 heteroatoms. The number of carbonyl (C=O) groups is 1. The number of fused-ring (bicyclic) bond motifs is 1. The van der Waals surface area contributed by atoms with Gasteiger partial charge < -0.3 is 4.42 Å². The topological polar surface area (TPSA) is 48.0 Å². The second-order valence-electron chi connectivity index (χ2n) is 4.45. The molecule has 0 bridgehead atoms. The van der Waals surface area contributed by atoms with Gasteiger partial charge in [-0.1, -0.05) is 18.2 Å². The van der Waals surface area contributed by atoms with Gasteiger partial charge in [0.2, 0.25) is 5.78 Å². The van der Waals surface area contributed by atoms with Gasteiger partial charge in [-0.2, -0.15) is 5.10 Å². The molecule has 2 aromatic heterocycles. The van der Waals surface area contributed by atoms with Gasteiger partial charge in [-0.3, -0.25) is 9.48 Å². The number of carbonyl (C=O) groups excluding carboxylic acids is 1. The molecule has 1 aromatic carbocycles. The van der Waals surface area contributed by atoms with Crippen LogP contribution in [0.3, 0.4) is 0 Å². The maximum atomic E-state index is 12.2. The second kappa shape index (κ2) is 4.72. The number of para-hydroxylation sites is 1. The van der Waals surface area contributed by atoms with Crippen LogP contribution in [-0.2, 0) is 13.0 Å². The Bertz CT molecular complexity index is 691. The highest BCUT2D eigenvalue weighted by Gasteiger charge is 2.13. The van der Waals surface area contributed by atoms with Gasteiger partial charge in [0.1, 0.15) is 5.58 Å². The number of aryl methyl sites for hydroxylation is 1. The lowest BCUT2D eigenvalue weighted by molar-refractivity contribution is 0.0968. The average molecular weight is 254 g/mol. The fourth-order valence-electron chi connectivity index (χ4n) is 2.06. The summed E-state index contributed by atoms with van der Waals surface area (Å²) < 4.78 is 7.37. The molecule has 2 heterocycles. The molecule has 0 spiro atoms. The Morgan fingerprint density at radius 2 is 2.21 bits per heavy atom. The van der Waals surface area contributed by atoms with E-state index in [1.807, 2.05) is 37.4 Å². The number of nitrogens with zero attached hydrogens (tertiary/aromatic N) is 2. The van der Waals surface area contributed by atoms with Crippen LogP contribution in [0.15, 0.2) is 47.1 Å². The summed E-state index contributed by atoms with van der Waals surface area (Å²) in [6.07, 6.45) is 3.93. The number of furan rings is 1. The standard InChI is InChI=1S/C15H14N2O2/c1-2-17-10-11(9-16-17)7-13(18)15-8-12-5-3-4-6-14(12)19-15/h3-6,8-10H,2,7H2,1H3. The Labute approximate surface area is 110 Å². The molecule has 3 rings (SSSR count). The molecule has 96 valence electrons. The van der Waals surface area contributed by atoms with Crippen LogP contribution in [0.2, 0.25) is 0 Å². The van der Waals surface area contributed by atoms with Gasteiger partial charge in [0.05, 0.1) is 6.20 Å². The van der Waals surface area contributed by atoms with Crippen LogP contribution < -0.4 is 0 Å². The summed E-state index contributed by atoms with van der Waals surface area (Å²) in [5.74, 6) is 0.386. The summed E-state index contributed by atoms with van der Waals surface area (Å²) in [5, 5.41) is 5.11. The van der Waals surface area contributed by atoms with Gasteiger partial charge in [0, 0.05) is 24.5 Å². The van der Waals surface area contributed by atoms with Gasteiger partial charge in [-0.25, -0.2) is 0 Å². The van der Waals surface area contributed by atoms with Crippen molar-refractivity contribution in [1.82, 2.24) is 9.78 Å². The van der Waals surface area contributed by atoms with E-state index >= 15 is 0 Å². The minimum absolute atomic E-state index is 0.0214. The predicted octanol–water partition coefficient (Wildman–Crippen LogP) is 3.07. The van der Waals surface area contributed by atoms with Crippen LogP contribution in [0.1, 0.15) is 23.0 Å². The Balaban J connectivity index is 1.83. The van der Waals surface area contributed by atoms with Crippen LogP contribution in [-0.4, -0.2) is 15.6 Å². The first-order valence-corrected chi connectivity index (χ1v) is 6.29. The molecule has 0 atom stereocenters. The molecule has 0 unspecified atom stereocenters. The van der Waals surface area contributed by atoms with Crippen molar-refractivity contribution < 1.29 is 9.21 Å². The van der Waals surface area contributed by atoms with Crippen molar-refractivity contribution in [3.8, 4) is 0 Å². The first-order valence-electron chi connectivity index (χ1n) is 6.29. The zero-order chi connectivity index (χ0) is 13.2. The van der Waals surface area contributed by atoms with E-state index < -0.39 is 0 Å². The third-order valence-corrected chi connectivity index (χ3v) is 3.08. The molecule has 0 radical (unpaired) electrons. The van der Waals surface area contributed by atoms with Crippen LogP contribution in [0, 0.1) is 0 Å². The Hall–Kier alpha value is -2.36. The number of hydrogen-bond acceptors (Lipinski definition) is 3. The predicted molar refractivity (Wildman–Crippen MR) is 72.1 cm³/mol. The lowest BCUT2D eigenvalue weighted by Crippen LogP contribution is -2.01. The highest BCUT2D eigenvalue weighted by molar-refractivity contribution is 5.98. The highest BCUT2D eigenvalue weighted by atomic mass is 16.3. The van der Waals surface area contributed by atoms with Crippen LogP contribution in [0.5, 0.6) is 0 Å². The van der Waals surface area contributed by atoms with E-state index in [0.29, 0.717) is 12.2 Å². The van der Waals surface area contributed by atoms with Crippen molar-refractivity contribution in [2.24, 2.45) is 0 Å². The maximum absolute atomic E-state index is 12.2. The molecule has 3 aromatic rings. The first-order chi connectivity index (χ1) is 9.26. The highest BCUT2D eigenvalue weighted by Crippen LogP contribution is 2.20. The van der Waals surface area contributed by atoms with Gasteiger partial charge >= 0.3 is 0 Å². The van der Waals surface area contributed by atoms with Crippen molar-refractivity contribution >= 4 is 16.8 Å². The van der Waals surface area contributed by atoms with E-state index in [1.165, 1.54) is 0 Å². The van der Waals surface area contributed by atoms with Gasteiger partial charge in [0.15, 0.2) is 5.76 Å². The minimum atomic E-state index is -0.0214. The molecule has 0 saturated heterocycles. The van der Waals surface area contributed by atoms with E-state index in [1.54, 1.807) is 16.9 Å². The van der Waals surface area contributed by atoms with E-state index in [-0.39, 0.29) is 5.78 Å². The van der Waals surface area contributed by atoms with Gasteiger partial charge in [-0.05, 0) is 24.6 Å². The van der Waals surface area contributed by atoms with Crippen LogP contribution >= 0.6 is 0 Å². The molecule has 4 nitrogen and oxygen atoms in total. The molecule has 0 fully saturated rings. The zero-order valence-corrected chi connectivity index (χ0v) is 10.7. The third kappa shape index (κ3) is 2.29. The number of benzene rings is 1. The number of hydrogen-bond donors (Lipinski definition) is 0. The van der Waals surface area contributed by atoms with Crippen molar-refractivity contribution in [3.05, 3.63) is 54.0 Å². The number of ketones is 1. The lowest BCUT2D eigenvalue weighted by Gasteiger charge is -1.94. The fraction of sp³-hybridized carbons (Fsp3) is 0.200. The quantitative estimate of drug-likeness (QED) is 0.672. The summed E-state index contributed by atoms with van der Waals surface area (Å²) in [6.45, 7) is 2.82. The zero-order valence-electron chi connectivity index (χ0n) is 10.7. The number of Topliss-reactive ketones (excluding diaryl/α,β-unsaturated/α-hetero) is 1. The summed E-state index contributed by atoms with van der Waals surface area (Å²) in [7, 11) is 0. The van der Waals surface area contributed by atoms with Crippen molar-refractivity contribution in [2.75, 3.05) is 0 Å². The molecule has 0 aliphatic heterocycles. The van der Waals surface area contributed by atoms with Gasteiger partial charge in [0.25, 0.3) is 0 Å². The molecular weight excluding hydrogens is 240 g/mol. The Kier molecular flexibility index (Phi) is 2.91. The van der Waals surface area contributed by atoms with Crippen LogP contribution in [0.25, 0.3) is 11.0 Å². The summed E-state index contributed by atoms with van der Waals surface area (Å²) in [5.41, 5.74) is 1.66. The second-order valence-corrected chi connectivity index (χ2v) is 4.45. The smallest absolute Gasteiger partial charge is 0.202 e. The van der Waals surface area contributed by atoms with Gasteiger partial charge in [-0.15, -0.1) is 0 Å². The third-order valence-electron chi connectivity index (χ3n) is 3.08. The SMILES string of the molecule is CCn1cc(CC(=O)c2cc3ccccc3o2)cn1. The first kappa shape index (κ1) is 11.7. The molecule has 0 aliphatic carbocycles. The molecule has 0 N–H and O–H groups in total. The summed E-state index contributed by atoms with van der Waals surface area (Å²) >= 11 is 0. The molecule has 19 heavy (non-hydrogen) atoms. The molecular formula is C15H14N2O2. The maximum Gasteiger partial charge on any atom is 0.202 e.